The summed E-state index contributed by atoms with van der Waals surface area (Å²) in [7, 11) is -2.86. The Morgan fingerprint density at radius 1 is 1.12 bits per heavy atom. The van der Waals surface area contributed by atoms with Crippen molar-refractivity contribution in [1.29, 1.82) is 0 Å². The second-order valence-corrected chi connectivity index (χ2v) is 7.29. The summed E-state index contributed by atoms with van der Waals surface area (Å²) >= 11 is 0. The van der Waals surface area contributed by atoms with Gasteiger partial charge in [-0.05, 0) is 24.8 Å². The lowest BCUT2D eigenvalue weighted by Gasteiger charge is -2.10. The summed E-state index contributed by atoms with van der Waals surface area (Å²) in [6, 6.07) is 0. The first kappa shape index (κ1) is 15.9. The SMILES string of the molecule is CCC(C)CS(=O)(=O)CCNCCC(C)C. The molecule has 0 saturated carbocycles. The van der Waals surface area contributed by atoms with Crippen molar-refractivity contribution in [3.63, 3.8) is 0 Å². The Bertz CT molecular complexity index is 260. The van der Waals surface area contributed by atoms with Crippen LogP contribution in [0.1, 0.15) is 40.5 Å². The summed E-state index contributed by atoms with van der Waals surface area (Å²) in [5, 5.41) is 3.18. The molecule has 0 rings (SSSR count). The minimum Gasteiger partial charge on any atom is -0.316 e. The highest BCUT2D eigenvalue weighted by molar-refractivity contribution is 7.91. The summed E-state index contributed by atoms with van der Waals surface area (Å²) in [5.41, 5.74) is 0. The van der Waals surface area contributed by atoms with Gasteiger partial charge in [-0.15, -0.1) is 0 Å². The molecule has 3 nitrogen and oxygen atoms in total. The zero-order chi connectivity index (χ0) is 12.6. The fraction of sp³-hybridized carbons (Fsp3) is 1.00. The van der Waals surface area contributed by atoms with Gasteiger partial charge in [-0.3, -0.25) is 0 Å². The molecule has 1 atom stereocenters. The largest absolute Gasteiger partial charge is 0.316 e. The van der Waals surface area contributed by atoms with Crippen LogP contribution in [-0.4, -0.2) is 33.0 Å². The van der Waals surface area contributed by atoms with Crippen molar-refractivity contribution < 1.29 is 8.42 Å². The van der Waals surface area contributed by atoms with Crippen LogP contribution in [0.2, 0.25) is 0 Å². The number of sulfone groups is 1. The Morgan fingerprint density at radius 2 is 1.75 bits per heavy atom. The molecule has 0 aromatic rings. The second-order valence-electron chi connectivity index (χ2n) is 5.06. The standard InChI is InChI=1S/C12H27NO2S/c1-5-12(4)10-16(14,15)9-8-13-7-6-11(2)3/h11-13H,5-10H2,1-4H3. The van der Waals surface area contributed by atoms with Crippen molar-refractivity contribution in [2.75, 3.05) is 24.6 Å². The molecule has 0 bridgehead atoms. The predicted molar refractivity (Wildman–Crippen MR) is 70.4 cm³/mol. The number of rotatable bonds is 9. The Balaban J connectivity index is 3.67. The van der Waals surface area contributed by atoms with Gasteiger partial charge in [-0.1, -0.05) is 34.1 Å². The molecule has 4 heteroatoms. The van der Waals surface area contributed by atoms with Gasteiger partial charge in [0.2, 0.25) is 0 Å². The van der Waals surface area contributed by atoms with Gasteiger partial charge in [0.05, 0.1) is 11.5 Å². The van der Waals surface area contributed by atoms with Crippen LogP contribution in [0.4, 0.5) is 0 Å². The molecule has 98 valence electrons. The van der Waals surface area contributed by atoms with E-state index in [2.05, 4.69) is 19.2 Å². The maximum Gasteiger partial charge on any atom is 0.151 e. The fourth-order valence-corrected chi connectivity index (χ4v) is 3.10. The molecule has 1 unspecified atom stereocenters. The molecule has 0 aromatic heterocycles. The molecule has 0 spiro atoms. The normalized spacial score (nSPS) is 14.3. The molecule has 0 aliphatic carbocycles. The predicted octanol–water partition coefficient (Wildman–Crippen LogP) is 2.08. The Labute approximate surface area is 101 Å². The lowest BCUT2D eigenvalue weighted by molar-refractivity contribution is 0.539. The van der Waals surface area contributed by atoms with Crippen LogP contribution in [0, 0.1) is 11.8 Å². The highest BCUT2D eigenvalue weighted by Gasteiger charge is 2.13. The molecule has 0 saturated heterocycles. The topological polar surface area (TPSA) is 46.2 Å². The van der Waals surface area contributed by atoms with Crippen LogP contribution < -0.4 is 5.32 Å². The average Bonchev–Trinajstić information content (AvgIpc) is 2.15. The third-order valence-electron chi connectivity index (χ3n) is 2.72. The lowest BCUT2D eigenvalue weighted by atomic mass is 10.1. The fourth-order valence-electron chi connectivity index (χ4n) is 1.38. The van der Waals surface area contributed by atoms with Crippen LogP contribution in [0.3, 0.4) is 0 Å². The van der Waals surface area contributed by atoms with Gasteiger partial charge in [0.15, 0.2) is 9.84 Å². The maximum atomic E-state index is 11.7. The van der Waals surface area contributed by atoms with Crippen molar-refractivity contribution in [3.8, 4) is 0 Å². The number of nitrogens with one attached hydrogen (secondary N) is 1. The lowest BCUT2D eigenvalue weighted by Crippen LogP contribution is -2.27. The Morgan fingerprint density at radius 3 is 2.25 bits per heavy atom. The summed E-state index contributed by atoms with van der Waals surface area (Å²) in [5.74, 6) is 1.55. The van der Waals surface area contributed by atoms with E-state index in [1.54, 1.807) is 0 Å². The quantitative estimate of drug-likeness (QED) is 0.636. The van der Waals surface area contributed by atoms with Crippen LogP contribution in [0.25, 0.3) is 0 Å². The first-order chi connectivity index (χ1) is 7.37. The van der Waals surface area contributed by atoms with Crippen molar-refractivity contribution in [2.45, 2.75) is 40.5 Å². The monoisotopic (exact) mass is 249 g/mol. The minimum absolute atomic E-state index is 0.273. The minimum atomic E-state index is -2.86. The van der Waals surface area contributed by atoms with Gasteiger partial charge in [0, 0.05) is 6.54 Å². The van der Waals surface area contributed by atoms with Crippen LogP contribution in [0.15, 0.2) is 0 Å². The summed E-state index contributed by atoms with van der Waals surface area (Å²) in [6.07, 6.45) is 2.03. The third-order valence-corrected chi connectivity index (χ3v) is 4.63. The van der Waals surface area contributed by atoms with E-state index in [-0.39, 0.29) is 11.7 Å². The first-order valence-corrected chi connectivity index (χ1v) is 8.10. The van der Waals surface area contributed by atoms with Gasteiger partial charge in [0.1, 0.15) is 0 Å². The van der Waals surface area contributed by atoms with Crippen molar-refractivity contribution in [2.24, 2.45) is 11.8 Å². The first-order valence-electron chi connectivity index (χ1n) is 6.28. The van der Waals surface area contributed by atoms with E-state index in [1.807, 2.05) is 13.8 Å². The van der Waals surface area contributed by atoms with E-state index in [0.717, 1.165) is 19.4 Å². The number of hydrogen-bond acceptors (Lipinski definition) is 3. The van der Waals surface area contributed by atoms with Crippen LogP contribution in [-0.2, 0) is 9.84 Å². The maximum absolute atomic E-state index is 11.7. The van der Waals surface area contributed by atoms with Crippen LogP contribution in [0.5, 0.6) is 0 Å². The van der Waals surface area contributed by atoms with E-state index in [9.17, 15) is 8.42 Å². The van der Waals surface area contributed by atoms with Gasteiger partial charge < -0.3 is 5.32 Å². The van der Waals surface area contributed by atoms with E-state index in [0.29, 0.717) is 18.2 Å². The van der Waals surface area contributed by atoms with Crippen molar-refractivity contribution in [1.82, 2.24) is 5.32 Å². The molecule has 0 radical (unpaired) electrons. The Kier molecular flexibility index (Phi) is 8.02. The third kappa shape index (κ3) is 9.16. The zero-order valence-corrected chi connectivity index (χ0v) is 11.9. The average molecular weight is 249 g/mol. The molecule has 16 heavy (non-hydrogen) atoms. The molecule has 0 aliphatic rings. The van der Waals surface area contributed by atoms with Gasteiger partial charge >= 0.3 is 0 Å². The molecule has 0 heterocycles. The smallest absolute Gasteiger partial charge is 0.151 e. The van der Waals surface area contributed by atoms with Crippen molar-refractivity contribution >= 4 is 9.84 Å². The van der Waals surface area contributed by atoms with Crippen molar-refractivity contribution in [3.05, 3.63) is 0 Å². The van der Waals surface area contributed by atoms with Gasteiger partial charge in [0.25, 0.3) is 0 Å². The summed E-state index contributed by atoms with van der Waals surface area (Å²) in [4.78, 5) is 0. The molecule has 0 fully saturated rings. The van der Waals surface area contributed by atoms with E-state index >= 15 is 0 Å². The van der Waals surface area contributed by atoms with E-state index in [1.165, 1.54) is 0 Å². The summed E-state index contributed by atoms with van der Waals surface area (Å²) in [6.45, 7) is 9.86. The molecule has 0 aliphatic heterocycles. The highest BCUT2D eigenvalue weighted by Crippen LogP contribution is 2.05. The molecular formula is C12H27NO2S. The highest BCUT2D eigenvalue weighted by atomic mass is 32.2. The second kappa shape index (κ2) is 8.07. The molecule has 1 N–H and O–H groups in total. The van der Waals surface area contributed by atoms with E-state index in [4.69, 9.17) is 0 Å². The molecule has 0 amide bonds. The van der Waals surface area contributed by atoms with Gasteiger partial charge in [-0.2, -0.15) is 0 Å². The molecule has 0 aromatic carbocycles. The summed E-state index contributed by atoms with van der Waals surface area (Å²) < 4.78 is 23.3. The van der Waals surface area contributed by atoms with Crippen LogP contribution >= 0.6 is 0 Å². The van der Waals surface area contributed by atoms with E-state index < -0.39 is 9.84 Å². The zero-order valence-electron chi connectivity index (χ0n) is 11.1. The molecular weight excluding hydrogens is 222 g/mol. The Hall–Kier alpha value is -0.0900. The number of hydrogen-bond donors (Lipinski definition) is 1. The van der Waals surface area contributed by atoms with Gasteiger partial charge in [-0.25, -0.2) is 8.42 Å².